The number of carbonyl (C=O) groups excluding carboxylic acids is 4. The summed E-state index contributed by atoms with van der Waals surface area (Å²) >= 11 is 0. The largest absolute Gasteiger partial charge is 0.465 e. The molecule has 0 saturated carbocycles. The van der Waals surface area contributed by atoms with Crippen LogP contribution in [0, 0.1) is 5.92 Å². The Labute approximate surface area is 198 Å². The number of fused-ring (bicyclic) bond motifs is 1. The maximum atomic E-state index is 13.0. The van der Waals surface area contributed by atoms with Crippen LogP contribution in [0.2, 0.25) is 0 Å². The van der Waals surface area contributed by atoms with Crippen molar-refractivity contribution in [3.63, 3.8) is 0 Å². The van der Waals surface area contributed by atoms with Crippen molar-refractivity contribution in [2.24, 2.45) is 5.92 Å². The van der Waals surface area contributed by atoms with Crippen molar-refractivity contribution in [2.45, 2.75) is 26.3 Å². The number of anilines is 1. The third-order valence-electron chi connectivity index (χ3n) is 6.15. The second-order valence-corrected chi connectivity index (χ2v) is 8.95. The first-order chi connectivity index (χ1) is 16.3. The van der Waals surface area contributed by atoms with Crippen LogP contribution in [-0.4, -0.2) is 77.8 Å². The summed E-state index contributed by atoms with van der Waals surface area (Å²) in [7, 11) is 1.31. The third kappa shape index (κ3) is 4.50. The second kappa shape index (κ2) is 9.62. The topological polar surface area (TPSA) is 100 Å². The van der Waals surface area contributed by atoms with E-state index in [1.807, 2.05) is 18.7 Å². The van der Waals surface area contributed by atoms with Gasteiger partial charge in [0.1, 0.15) is 5.82 Å². The lowest BCUT2D eigenvalue weighted by atomic mass is 10.1. The first kappa shape index (κ1) is 23.4. The van der Waals surface area contributed by atoms with Crippen molar-refractivity contribution in [1.29, 1.82) is 0 Å². The highest BCUT2D eigenvalue weighted by molar-refractivity contribution is 6.21. The summed E-state index contributed by atoms with van der Waals surface area (Å²) in [5, 5.41) is 0. The van der Waals surface area contributed by atoms with Crippen LogP contribution in [0.25, 0.3) is 0 Å². The number of carbonyl (C=O) groups is 4. The molecule has 1 atom stereocenters. The van der Waals surface area contributed by atoms with Crippen molar-refractivity contribution >= 4 is 29.5 Å². The smallest absolute Gasteiger partial charge is 0.338 e. The Balaban J connectivity index is 1.63. The van der Waals surface area contributed by atoms with Gasteiger partial charge in [0.25, 0.3) is 11.8 Å². The van der Waals surface area contributed by atoms with E-state index < -0.39 is 5.97 Å². The maximum absolute atomic E-state index is 13.0. The first-order valence-electron chi connectivity index (χ1n) is 11.3. The molecule has 0 aliphatic carbocycles. The molecule has 2 aromatic rings. The van der Waals surface area contributed by atoms with Crippen LogP contribution in [0.3, 0.4) is 0 Å². The second-order valence-electron chi connectivity index (χ2n) is 8.95. The van der Waals surface area contributed by atoms with Gasteiger partial charge in [-0.3, -0.25) is 19.3 Å². The summed E-state index contributed by atoms with van der Waals surface area (Å²) < 4.78 is 4.83. The fraction of sp³-hybridized carbons (Fsp3) is 0.400. The number of benzene rings is 1. The number of nitrogens with zero attached hydrogens (tertiary/aromatic N) is 4. The number of hydrogen-bond acceptors (Lipinski definition) is 7. The summed E-state index contributed by atoms with van der Waals surface area (Å²) in [6.45, 7) is 5.36. The number of piperazine rings is 1. The van der Waals surface area contributed by atoms with E-state index >= 15 is 0 Å². The van der Waals surface area contributed by atoms with Crippen LogP contribution < -0.4 is 4.90 Å². The van der Waals surface area contributed by atoms with Crippen molar-refractivity contribution in [3.05, 3.63) is 59.3 Å². The highest BCUT2D eigenvalue weighted by atomic mass is 16.5. The lowest BCUT2D eigenvalue weighted by Crippen LogP contribution is -2.59. The van der Waals surface area contributed by atoms with Crippen molar-refractivity contribution < 1.29 is 23.9 Å². The Kier molecular flexibility index (Phi) is 6.63. The number of ether oxygens (including phenoxy) is 1. The molecule has 0 spiro atoms. The van der Waals surface area contributed by atoms with E-state index in [0.29, 0.717) is 48.6 Å². The van der Waals surface area contributed by atoms with Gasteiger partial charge < -0.3 is 14.5 Å². The summed E-state index contributed by atoms with van der Waals surface area (Å²) in [4.78, 5) is 60.2. The minimum Gasteiger partial charge on any atom is -0.465 e. The number of hydrogen-bond donors (Lipinski definition) is 0. The molecular formula is C25H28N4O5. The predicted molar refractivity (Wildman–Crippen MR) is 125 cm³/mol. The molecule has 1 saturated heterocycles. The van der Waals surface area contributed by atoms with E-state index in [0.717, 1.165) is 0 Å². The Morgan fingerprint density at radius 3 is 2.38 bits per heavy atom. The molecule has 3 amide bonds. The van der Waals surface area contributed by atoms with Crippen molar-refractivity contribution in [1.82, 2.24) is 14.8 Å². The van der Waals surface area contributed by atoms with Gasteiger partial charge in [-0.05, 0) is 30.2 Å². The van der Waals surface area contributed by atoms with Gasteiger partial charge in [-0.2, -0.15) is 0 Å². The predicted octanol–water partition coefficient (Wildman–Crippen LogP) is 2.23. The minimum absolute atomic E-state index is 0.0401. The van der Waals surface area contributed by atoms with Crippen LogP contribution >= 0.6 is 0 Å². The quantitative estimate of drug-likeness (QED) is 0.477. The molecule has 9 heteroatoms. The molecule has 3 heterocycles. The molecule has 4 rings (SSSR count). The Hall–Kier alpha value is -3.75. The zero-order chi connectivity index (χ0) is 24.4. The van der Waals surface area contributed by atoms with Crippen LogP contribution in [0.15, 0.2) is 42.6 Å². The number of aromatic nitrogens is 1. The molecule has 1 aromatic carbocycles. The highest BCUT2D eigenvalue weighted by Crippen LogP contribution is 2.26. The van der Waals surface area contributed by atoms with Gasteiger partial charge in [-0.25, -0.2) is 9.78 Å². The number of imide groups is 1. The number of amides is 3. The SMILES string of the molecule is COC(=O)c1ccnc(N2CCN(C(=O)CC(C)C)CC2CN2C(=O)c3ccccc3C2=O)c1. The Bertz CT molecular complexity index is 1100. The molecule has 1 unspecified atom stereocenters. The molecule has 9 nitrogen and oxygen atoms in total. The molecule has 0 radical (unpaired) electrons. The summed E-state index contributed by atoms with van der Waals surface area (Å²) in [6, 6.07) is 9.57. The number of esters is 1. The molecule has 1 fully saturated rings. The third-order valence-corrected chi connectivity index (χ3v) is 6.15. The fourth-order valence-electron chi connectivity index (χ4n) is 4.45. The Morgan fingerprint density at radius 2 is 1.76 bits per heavy atom. The average molecular weight is 465 g/mol. The number of rotatable bonds is 6. The van der Waals surface area contributed by atoms with Gasteiger partial charge in [-0.1, -0.05) is 26.0 Å². The number of pyridine rings is 1. The van der Waals surface area contributed by atoms with Crippen LogP contribution in [0.4, 0.5) is 5.82 Å². The summed E-state index contributed by atoms with van der Waals surface area (Å²) in [6.07, 6.45) is 1.95. The van der Waals surface area contributed by atoms with E-state index in [-0.39, 0.29) is 36.2 Å². The molecule has 0 N–H and O–H groups in total. The highest BCUT2D eigenvalue weighted by Gasteiger charge is 2.40. The van der Waals surface area contributed by atoms with E-state index in [1.54, 1.807) is 41.3 Å². The van der Waals surface area contributed by atoms with Gasteiger partial charge in [-0.15, -0.1) is 0 Å². The van der Waals surface area contributed by atoms with Gasteiger partial charge in [0.2, 0.25) is 5.91 Å². The minimum atomic E-state index is -0.480. The molecular weight excluding hydrogens is 436 g/mol. The van der Waals surface area contributed by atoms with Gasteiger partial charge in [0.15, 0.2) is 0 Å². The van der Waals surface area contributed by atoms with Gasteiger partial charge in [0, 0.05) is 32.3 Å². The van der Waals surface area contributed by atoms with E-state index in [2.05, 4.69) is 4.98 Å². The average Bonchev–Trinajstić information content (AvgIpc) is 3.08. The molecule has 178 valence electrons. The molecule has 34 heavy (non-hydrogen) atoms. The van der Waals surface area contributed by atoms with Gasteiger partial charge in [0.05, 0.1) is 36.4 Å². The van der Waals surface area contributed by atoms with Crippen LogP contribution in [0.1, 0.15) is 51.3 Å². The standard InChI is InChI=1S/C25H28N4O5/c1-16(2)12-22(30)27-10-11-28(21-13-17(8-9-26-21)25(33)34-3)18(14-27)15-29-23(31)19-6-4-5-7-20(19)24(29)32/h4-9,13,16,18H,10-12,14-15H2,1-3H3. The van der Waals surface area contributed by atoms with E-state index in [9.17, 15) is 19.2 Å². The monoisotopic (exact) mass is 464 g/mol. The Morgan fingerprint density at radius 1 is 1.09 bits per heavy atom. The number of methoxy groups -OCH3 is 1. The zero-order valence-electron chi connectivity index (χ0n) is 19.6. The van der Waals surface area contributed by atoms with E-state index in [1.165, 1.54) is 18.2 Å². The normalized spacial score (nSPS) is 17.9. The lowest BCUT2D eigenvalue weighted by Gasteiger charge is -2.43. The molecule has 2 aliphatic rings. The van der Waals surface area contributed by atoms with Crippen molar-refractivity contribution in [3.8, 4) is 0 Å². The van der Waals surface area contributed by atoms with Crippen LogP contribution in [0.5, 0.6) is 0 Å². The first-order valence-corrected chi connectivity index (χ1v) is 11.3. The van der Waals surface area contributed by atoms with Gasteiger partial charge >= 0.3 is 5.97 Å². The maximum Gasteiger partial charge on any atom is 0.338 e. The van der Waals surface area contributed by atoms with Crippen LogP contribution in [-0.2, 0) is 9.53 Å². The molecule has 0 bridgehead atoms. The zero-order valence-corrected chi connectivity index (χ0v) is 19.6. The fourth-order valence-corrected chi connectivity index (χ4v) is 4.45. The molecule has 1 aromatic heterocycles. The molecule has 2 aliphatic heterocycles. The van der Waals surface area contributed by atoms with Crippen molar-refractivity contribution in [2.75, 3.05) is 38.2 Å². The summed E-state index contributed by atoms with van der Waals surface area (Å²) in [5.41, 5.74) is 1.12. The van der Waals surface area contributed by atoms with E-state index in [4.69, 9.17) is 4.74 Å². The summed E-state index contributed by atoms with van der Waals surface area (Å²) in [5.74, 6) is -0.381. The lowest BCUT2D eigenvalue weighted by molar-refractivity contribution is -0.132.